The van der Waals surface area contributed by atoms with Crippen molar-refractivity contribution < 1.29 is 0 Å². The average Bonchev–Trinajstić information content (AvgIpc) is 2.20. The van der Waals surface area contributed by atoms with E-state index in [9.17, 15) is 0 Å². The predicted octanol–water partition coefficient (Wildman–Crippen LogP) is 4.42. The number of hydrogen-bond donors (Lipinski definition) is 1. The fourth-order valence-corrected chi connectivity index (χ4v) is 1.92. The van der Waals surface area contributed by atoms with E-state index < -0.39 is 0 Å². The molecule has 0 unspecified atom stereocenters. The largest absolute Gasteiger partial charge is 0.343 e. The molecule has 0 aliphatic rings. The van der Waals surface area contributed by atoms with Crippen molar-refractivity contribution in [2.45, 2.75) is 6.92 Å². The molecule has 0 fully saturated rings. The first kappa shape index (κ1) is 11.6. The Bertz CT molecular complexity index is 593. The summed E-state index contributed by atoms with van der Waals surface area (Å²) in [5.41, 5.74) is 1.82. The molecule has 2 rings (SSSR count). The van der Waals surface area contributed by atoms with Crippen LogP contribution in [-0.2, 0) is 0 Å². The molecule has 0 amide bonds. The second kappa shape index (κ2) is 4.53. The minimum absolute atomic E-state index is 0.502. The predicted molar refractivity (Wildman–Crippen MR) is 69.6 cm³/mol. The maximum absolute atomic E-state index is 5.94. The van der Waals surface area contributed by atoms with Crippen molar-refractivity contribution in [2.24, 2.45) is 0 Å². The molecule has 1 N–H and O–H groups in total. The Kier molecular flexibility index (Phi) is 3.28. The number of aromatic amines is 1. The molecule has 1 heterocycles. The van der Waals surface area contributed by atoms with Gasteiger partial charge in [-0.2, -0.15) is 0 Å². The van der Waals surface area contributed by atoms with Gasteiger partial charge in [0.2, 0.25) is 0 Å². The van der Waals surface area contributed by atoms with Crippen LogP contribution in [0.25, 0.3) is 11.4 Å². The molecule has 0 saturated heterocycles. The van der Waals surface area contributed by atoms with Crippen LogP contribution in [0, 0.1) is 11.6 Å². The number of aryl methyl sites for hydroxylation is 1. The fourth-order valence-electron chi connectivity index (χ4n) is 1.36. The van der Waals surface area contributed by atoms with E-state index in [1.165, 1.54) is 0 Å². The van der Waals surface area contributed by atoms with E-state index in [-0.39, 0.29) is 0 Å². The number of nitrogens with one attached hydrogen (secondary N) is 1. The number of H-pyrrole nitrogens is 1. The first-order valence-corrected chi connectivity index (χ1v) is 5.76. The van der Waals surface area contributed by atoms with E-state index in [0.29, 0.717) is 20.5 Å². The molecule has 0 radical (unpaired) electrons. The molecule has 0 aliphatic carbocycles. The molecule has 0 spiro atoms. The molecule has 2 aromatic rings. The number of hydrogen-bond acceptors (Lipinski definition) is 2. The molecule has 82 valence electrons. The van der Waals surface area contributed by atoms with E-state index in [1.807, 2.05) is 13.0 Å². The quantitative estimate of drug-likeness (QED) is 0.778. The highest BCUT2D eigenvalue weighted by Gasteiger charge is 2.04. The van der Waals surface area contributed by atoms with Crippen LogP contribution in [0.15, 0.2) is 24.3 Å². The van der Waals surface area contributed by atoms with Crippen molar-refractivity contribution in [3.63, 3.8) is 0 Å². The van der Waals surface area contributed by atoms with Gasteiger partial charge in [0.15, 0.2) is 0 Å². The van der Waals surface area contributed by atoms with Gasteiger partial charge in [0.1, 0.15) is 10.5 Å². The number of nitrogens with zero attached hydrogens (tertiary/aromatic N) is 1. The second-order valence-corrected chi connectivity index (χ2v) is 4.61. The van der Waals surface area contributed by atoms with Crippen molar-refractivity contribution >= 4 is 35.4 Å². The van der Waals surface area contributed by atoms with Crippen LogP contribution in [0.3, 0.4) is 0 Å². The van der Waals surface area contributed by atoms with Gasteiger partial charge in [0.05, 0.1) is 10.0 Å². The lowest BCUT2D eigenvalue weighted by atomic mass is 10.2. The third-order valence-electron chi connectivity index (χ3n) is 2.07. The standard InChI is InChI=1S/C11H8Cl2N2S/c1-6-4-10(16)15-11(14-6)7-2-3-8(12)9(13)5-7/h2-5H,1H3,(H,14,15,16). The molecule has 5 heteroatoms. The van der Waals surface area contributed by atoms with Crippen molar-refractivity contribution in [3.8, 4) is 11.4 Å². The normalized spacial score (nSPS) is 10.4. The summed E-state index contributed by atoms with van der Waals surface area (Å²) in [5, 5.41) is 1.03. The van der Waals surface area contributed by atoms with Crippen LogP contribution in [0.5, 0.6) is 0 Å². The molecule has 0 atom stereocenters. The second-order valence-electron chi connectivity index (χ2n) is 3.38. The minimum Gasteiger partial charge on any atom is -0.343 e. The van der Waals surface area contributed by atoms with Crippen molar-refractivity contribution in [2.75, 3.05) is 0 Å². The van der Waals surface area contributed by atoms with Crippen molar-refractivity contribution in [3.05, 3.63) is 44.6 Å². The summed E-state index contributed by atoms with van der Waals surface area (Å²) >= 11 is 16.8. The summed E-state index contributed by atoms with van der Waals surface area (Å²) in [5.74, 6) is 0.698. The molecule has 1 aromatic heterocycles. The number of benzene rings is 1. The van der Waals surface area contributed by atoms with E-state index in [1.54, 1.807) is 18.2 Å². The summed E-state index contributed by atoms with van der Waals surface area (Å²) in [7, 11) is 0. The van der Waals surface area contributed by atoms with Gasteiger partial charge in [0, 0.05) is 11.3 Å². The van der Waals surface area contributed by atoms with Gasteiger partial charge in [-0.15, -0.1) is 0 Å². The number of aromatic nitrogens is 2. The Labute approximate surface area is 108 Å². The molecule has 0 saturated carbocycles. The van der Waals surface area contributed by atoms with E-state index in [2.05, 4.69) is 9.97 Å². The summed E-state index contributed by atoms with van der Waals surface area (Å²) in [6.45, 7) is 1.93. The third-order valence-corrected chi connectivity index (χ3v) is 3.02. The zero-order valence-electron chi connectivity index (χ0n) is 8.42. The van der Waals surface area contributed by atoms with Gasteiger partial charge >= 0.3 is 0 Å². The highest BCUT2D eigenvalue weighted by Crippen LogP contribution is 2.26. The molecular weight excluding hydrogens is 263 g/mol. The van der Waals surface area contributed by atoms with Crippen molar-refractivity contribution in [1.29, 1.82) is 0 Å². The van der Waals surface area contributed by atoms with Gasteiger partial charge < -0.3 is 4.98 Å². The van der Waals surface area contributed by atoms with Crippen LogP contribution in [0.1, 0.15) is 5.69 Å². The van der Waals surface area contributed by atoms with Gasteiger partial charge in [-0.3, -0.25) is 0 Å². The zero-order chi connectivity index (χ0) is 11.7. The minimum atomic E-state index is 0.502. The number of rotatable bonds is 1. The zero-order valence-corrected chi connectivity index (χ0v) is 10.7. The van der Waals surface area contributed by atoms with Crippen LogP contribution in [0.2, 0.25) is 10.0 Å². The number of halogens is 2. The Balaban J connectivity index is 2.58. The van der Waals surface area contributed by atoms with Gasteiger partial charge in [-0.1, -0.05) is 35.4 Å². The molecule has 2 nitrogen and oxygen atoms in total. The Morgan fingerprint density at radius 1 is 1.19 bits per heavy atom. The van der Waals surface area contributed by atoms with Gasteiger partial charge in [-0.05, 0) is 31.2 Å². The highest BCUT2D eigenvalue weighted by atomic mass is 35.5. The lowest BCUT2D eigenvalue weighted by molar-refractivity contribution is 1.10. The van der Waals surface area contributed by atoms with Crippen LogP contribution in [0.4, 0.5) is 0 Å². The summed E-state index contributed by atoms with van der Waals surface area (Å²) in [6.07, 6.45) is 0. The Morgan fingerprint density at radius 3 is 2.56 bits per heavy atom. The lowest BCUT2D eigenvalue weighted by Crippen LogP contribution is -1.91. The lowest BCUT2D eigenvalue weighted by Gasteiger charge is -2.04. The van der Waals surface area contributed by atoms with Crippen LogP contribution in [-0.4, -0.2) is 9.97 Å². The van der Waals surface area contributed by atoms with Crippen molar-refractivity contribution in [1.82, 2.24) is 9.97 Å². The summed E-state index contributed by atoms with van der Waals surface area (Å²) in [4.78, 5) is 7.36. The Hall–Kier alpha value is -0.900. The van der Waals surface area contributed by atoms with Gasteiger partial charge in [0.25, 0.3) is 0 Å². The maximum Gasteiger partial charge on any atom is 0.139 e. The smallest absolute Gasteiger partial charge is 0.139 e. The third kappa shape index (κ3) is 2.43. The molecule has 1 aromatic carbocycles. The van der Waals surface area contributed by atoms with Crippen LogP contribution < -0.4 is 0 Å². The van der Waals surface area contributed by atoms with Crippen LogP contribution >= 0.6 is 35.4 Å². The van der Waals surface area contributed by atoms with E-state index in [4.69, 9.17) is 35.4 Å². The summed E-state index contributed by atoms with van der Waals surface area (Å²) < 4.78 is 0.553. The monoisotopic (exact) mass is 270 g/mol. The molecular formula is C11H8Cl2N2S. The first-order valence-electron chi connectivity index (χ1n) is 4.59. The SMILES string of the molecule is Cc1cc(=S)nc(-c2ccc(Cl)c(Cl)c2)[nH]1. The molecule has 0 aliphatic heterocycles. The fraction of sp³-hybridized carbons (Fsp3) is 0.0909. The summed E-state index contributed by atoms with van der Waals surface area (Å²) in [6, 6.07) is 7.15. The van der Waals surface area contributed by atoms with E-state index >= 15 is 0 Å². The topological polar surface area (TPSA) is 28.7 Å². The average molecular weight is 271 g/mol. The first-order chi connectivity index (χ1) is 7.56. The maximum atomic E-state index is 5.94. The van der Waals surface area contributed by atoms with Gasteiger partial charge in [-0.25, -0.2) is 4.98 Å². The van der Waals surface area contributed by atoms with E-state index in [0.717, 1.165) is 11.3 Å². The molecule has 0 bridgehead atoms. The highest BCUT2D eigenvalue weighted by molar-refractivity contribution is 7.71. The Morgan fingerprint density at radius 2 is 1.94 bits per heavy atom. The molecule has 16 heavy (non-hydrogen) atoms.